The van der Waals surface area contributed by atoms with Crippen molar-refractivity contribution in [1.82, 2.24) is 4.98 Å². The summed E-state index contributed by atoms with van der Waals surface area (Å²) in [4.78, 5) is 15.7. The molecule has 0 atom stereocenters. The van der Waals surface area contributed by atoms with Crippen LogP contribution in [0.1, 0.15) is 16.2 Å². The highest BCUT2D eigenvalue weighted by atomic mass is 35.5. The number of anilines is 2. The van der Waals surface area contributed by atoms with Gasteiger partial charge in [0.1, 0.15) is 0 Å². The molecule has 0 aliphatic heterocycles. The maximum atomic E-state index is 11.8. The molecule has 0 bridgehead atoms. The highest BCUT2D eigenvalue weighted by molar-refractivity contribution is 6.34. The van der Waals surface area contributed by atoms with Gasteiger partial charge in [-0.1, -0.05) is 17.7 Å². The van der Waals surface area contributed by atoms with Crippen molar-refractivity contribution in [2.45, 2.75) is 6.92 Å². The number of nitrogens with zero attached hydrogens (tertiary/aromatic N) is 1. The largest absolute Gasteiger partial charge is 0.438 e. The van der Waals surface area contributed by atoms with Gasteiger partial charge in [-0.3, -0.25) is 4.79 Å². The van der Waals surface area contributed by atoms with Gasteiger partial charge in [0, 0.05) is 0 Å². The van der Waals surface area contributed by atoms with Crippen LogP contribution in [0.15, 0.2) is 29.0 Å². The van der Waals surface area contributed by atoms with E-state index in [4.69, 9.17) is 21.8 Å². The van der Waals surface area contributed by atoms with E-state index in [9.17, 15) is 4.79 Å². The van der Waals surface area contributed by atoms with Crippen molar-refractivity contribution in [2.24, 2.45) is 0 Å². The number of halogens is 1. The number of nitrogens with two attached hydrogens (primary N) is 1. The van der Waals surface area contributed by atoms with Gasteiger partial charge in [0.05, 0.1) is 22.1 Å². The molecule has 17 heavy (non-hydrogen) atoms. The van der Waals surface area contributed by atoms with Gasteiger partial charge in [-0.15, -0.1) is 0 Å². The lowest BCUT2D eigenvalue weighted by Crippen LogP contribution is -2.14. The molecule has 0 saturated carbocycles. The van der Waals surface area contributed by atoms with E-state index in [1.54, 1.807) is 25.1 Å². The average molecular weight is 252 g/mol. The van der Waals surface area contributed by atoms with E-state index in [0.29, 0.717) is 22.1 Å². The van der Waals surface area contributed by atoms with Crippen LogP contribution < -0.4 is 11.1 Å². The van der Waals surface area contributed by atoms with Crippen molar-refractivity contribution in [3.63, 3.8) is 0 Å². The summed E-state index contributed by atoms with van der Waals surface area (Å²) in [6.45, 7) is 1.67. The first-order chi connectivity index (χ1) is 8.09. The van der Waals surface area contributed by atoms with E-state index < -0.39 is 5.91 Å². The lowest BCUT2D eigenvalue weighted by molar-refractivity contribution is 0.0996. The maximum absolute atomic E-state index is 11.8. The zero-order valence-electron chi connectivity index (χ0n) is 9.03. The van der Waals surface area contributed by atoms with Crippen LogP contribution in [0.5, 0.6) is 0 Å². The second-order valence-corrected chi connectivity index (χ2v) is 3.83. The summed E-state index contributed by atoms with van der Waals surface area (Å²) in [5.74, 6) is -0.288. The van der Waals surface area contributed by atoms with Crippen LogP contribution in [-0.2, 0) is 0 Å². The number of nitrogens with one attached hydrogen (secondary N) is 1. The van der Waals surface area contributed by atoms with Gasteiger partial charge in [-0.25, -0.2) is 4.98 Å². The number of aromatic nitrogens is 1. The molecule has 1 amide bonds. The third-order valence-corrected chi connectivity index (χ3v) is 2.55. The Bertz CT molecular complexity index is 545. The first-order valence-electron chi connectivity index (χ1n) is 4.85. The van der Waals surface area contributed by atoms with Crippen molar-refractivity contribution in [3.05, 3.63) is 41.1 Å². The topological polar surface area (TPSA) is 81.2 Å². The van der Waals surface area contributed by atoms with Gasteiger partial charge >= 0.3 is 0 Å². The van der Waals surface area contributed by atoms with Crippen LogP contribution in [0.25, 0.3) is 0 Å². The first kappa shape index (κ1) is 11.5. The molecule has 1 heterocycles. The second-order valence-electron chi connectivity index (χ2n) is 3.43. The molecule has 0 aliphatic carbocycles. The molecule has 2 rings (SSSR count). The fourth-order valence-corrected chi connectivity index (χ4v) is 1.59. The van der Waals surface area contributed by atoms with Gasteiger partial charge in [-0.2, -0.15) is 0 Å². The number of nitrogen functional groups attached to an aromatic ring is 1. The Morgan fingerprint density at radius 3 is 2.88 bits per heavy atom. The van der Waals surface area contributed by atoms with E-state index in [1.807, 2.05) is 0 Å². The lowest BCUT2D eigenvalue weighted by Gasteiger charge is -2.08. The van der Waals surface area contributed by atoms with Crippen molar-refractivity contribution in [2.75, 3.05) is 11.1 Å². The number of amides is 1. The Hall–Kier alpha value is -2.01. The van der Waals surface area contributed by atoms with E-state index in [2.05, 4.69) is 10.3 Å². The molecular weight excluding hydrogens is 242 g/mol. The predicted octanol–water partition coefficient (Wildman–Crippen LogP) is 2.47. The second kappa shape index (κ2) is 4.47. The molecular formula is C11H10ClN3O2. The molecule has 0 saturated heterocycles. The Balaban J connectivity index is 2.28. The third kappa shape index (κ3) is 2.24. The molecule has 6 heteroatoms. The fourth-order valence-electron chi connectivity index (χ4n) is 1.36. The summed E-state index contributed by atoms with van der Waals surface area (Å²) in [5.41, 5.74) is 6.99. The fraction of sp³-hybridized carbons (Fsp3) is 0.0909. The molecule has 3 N–H and O–H groups in total. The summed E-state index contributed by atoms with van der Waals surface area (Å²) >= 11 is 5.93. The Morgan fingerprint density at radius 1 is 1.53 bits per heavy atom. The normalized spacial score (nSPS) is 10.2. The summed E-state index contributed by atoms with van der Waals surface area (Å²) in [7, 11) is 0. The van der Waals surface area contributed by atoms with Crippen molar-refractivity contribution in [1.29, 1.82) is 0 Å². The van der Waals surface area contributed by atoms with Crippen LogP contribution in [0.3, 0.4) is 0 Å². The smallest absolute Gasteiger partial charge is 0.293 e. The van der Waals surface area contributed by atoms with Gasteiger partial charge in [0.2, 0.25) is 5.76 Å². The minimum Gasteiger partial charge on any atom is -0.438 e. The van der Waals surface area contributed by atoms with Gasteiger partial charge in [-0.05, 0) is 19.1 Å². The number of rotatable bonds is 2. The van der Waals surface area contributed by atoms with Crippen molar-refractivity contribution >= 4 is 28.9 Å². The standard InChI is InChI=1S/C11H10ClN3O2/c1-6-10(17-5-14-6)11(16)15-9-7(12)3-2-4-8(9)13/h2-5H,13H2,1H3,(H,15,16). The molecule has 88 valence electrons. The number of hydrogen-bond donors (Lipinski definition) is 2. The van der Waals surface area contributed by atoms with Gasteiger partial charge < -0.3 is 15.5 Å². The van der Waals surface area contributed by atoms with Crippen LogP contribution in [-0.4, -0.2) is 10.9 Å². The van der Waals surface area contributed by atoms with Gasteiger partial charge in [0.15, 0.2) is 6.39 Å². The summed E-state index contributed by atoms with van der Waals surface area (Å²) in [5, 5.41) is 2.96. The molecule has 0 unspecified atom stereocenters. The summed E-state index contributed by atoms with van der Waals surface area (Å²) in [6, 6.07) is 4.99. The third-order valence-electron chi connectivity index (χ3n) is 2.24. The Labute approximate surface area is 103 Å². The van der Waals surface area contributed by atoms with E-state index in [0.717, 1.165) is 0 Å². The van der Waals surface area contributed by atoms with Crippen LogP contribution in [0, 0.1) is 6.92 Å². The van der Waals surface area contributed by atoms with Crippen LogP contribution in [0.4, 0.5) is 11.4 Å². The van der Waals surface area contributed by atoms with E-state index in [-0.39, 0.29) is 5.76 Å². The number of benzene rings is 1. The van der Waals surface area contributed by atoms with Crippen molar-refractivity contribution in [3.8, 4) is 0 Å². The molecule has 0 radical (unpaired) electrons. The van der Waals surface area contributed by atoms with Crippen LogP contribution >= 0.6 is 11.6 Å². The molecule has 5 nitrogen and oxygen atoms in total. The first-order valence-corrected chi connectivity index (χ1v) is 5.23. The monoisotopic (exact) mass is 251 g/mol. The molecule has 1 aromatic carbocycles. The van der Waals surface area contributed by atoms with Crippen molar-refractivity contribution < 1.29 is 9.21 Å². The SMILES string of the molecule is Cc1ncoc1C(=O)Nc1c(N)cccc1Cl. The number of aryl methyl sites for hydroxylation is 1. The average Bonchev–Trinajstić information content (AvgIpc) is 2.70. The van der Waals surface area contributed by atoms with E-state index in [1.165, 1.54) is 6.39 Å². The number of para-hydroxylation sites is 1. The predicted molar refractivity (Wildman–Crippen MR) is 65.1 cm³/mol. The molecule has 0 fully saturated rings. The summed E-state index contributed by atoms with van der Waals surface area (Å²) < 4.78 is 4.97. The number of hydrogen-bond acceptors (Lipinski definition) is 4. The lowest BCUT2D eigenvalue weighted by atomic mass is 10.2. The Kier molecular flexibility index (Phi) is 3.01. The molecule has 0 spiro atoms. The maximum Gasteiger partial charge on any atom is 0.293 e. The molecule has 1 aromatic heterocycles. The minimum atomic E-state index is -0.431. The minimum absolute atomic E-state index is 0.143. The number of carbonyl (C=O) groups is 1. The highest BCUT2D eigenvalue weighted by Crippen LogP contribution is 2.28. The quantitative estimate of drug-likeness (QED) is 0.804. The molecule has 2 aromatic rings. The zero-order valence-corrected chi connectivity index (χ0v) is 9.78. The van der Waals surface area contributed by atoms with Gasteiger partial charge in [0.25, 0.3) is 5.91 Å². The van der Waals surface area contributed by atoms with Crippen LogP contribution in [0.2, 0.25) is 5.02 Å². The highest BCUT2D eigenvalue weighted by Gasteiger charge is 2.16. The zero-order chi connectivity index (χ0) is 12.4. The Morgan fingerprint density at radius 2 is 2.29 bits per heavy atom. The van der Waals surface area contributed by atoms with E-state index >= 15 is 0 Å². The number of oxazole rings is 1. The summed E-state index contributed by atoms with van der Waals surface area (Å²) in [6.07, 6.45) is 1.21. The number of carbonyl (C=O) groups excluding carboxylic acids is 1. The molecule has 0 aliphatic rings.